The molecule has 0 N–H and O–H groups in total. The lowest BCUT2D eigenvalue weighted by atomic mass is 9.55. The van der Waals surface area contributed by atoms with Crippen molar-refractivity contribution in [3.8, 4) is 5.75 Å². The molecule has 0 saturated heterocycles. The molecule has 0 bridgehead atoms. The van der Waals surface area contributed by atoms with Crippen LogP contribution in [-0.4, -0.2) is 14.2 Å². The van der Waals surface area contributed by atoms with E-state index in [9.17, 15) is 0 Å². The molecule has 2 nitrogen and oxygen atoms in total. The predicted octanol–water partition coefficient (Wildman–Crippen LogP) is 6.20. The highest BCUT2D eigenvalue weighted by atomic mass is 16.5. The third kappa shape index (κ3) is 2.98. The van der Waals surface area contributed by atoms with E-state index in [2.05, 4.69) is 43.4 Å². The molecule has 1 unspecified atom stereocenters. The molecule has 140 valence electrons. The maximum atomic E-state index is 5.56. The Bertz CT molecular complexity index is 702. The number of methoxy groups -OCH3 is 2. The van der Waals surface area contributed by atoms with Gasteiger partial charge in [0.2, 0.25) is 0 Å². The van der Waals surface area contributed by atoms with E-state index >= 15 is 0 Å². The van der Waals surface area contributed by atoms with E-state index in [4.69, 9.17) is 9.47 Å². The van der Waals surface area contributed by atoms with E-state index in [1.807, 2.05) is 0 Å². The summed E-state index contributed by atoms with van der Waals surface area (Å²) in [7, 11) is 3.56. The molecule has 0 amide bonds. The van der Waals surface area contributed by atoms with Gasteiger partial charge in [-0.3, -0.25) is 0 Å². The zero-order chi connectivity index (χ0) is 18.1. The van der Waals surface area contributed by atoms with Gasteiger partial charge < -0.3 is 9.47 Å². The fourth-order valence-corrected chi connectivity index (χ4v) is 6.01. The Morgan fingerprint density at radius 1 is 1.04 bits per heavy atom. The molecular weight excluding hydrogens is 320 g/mol. The van der Waals surface area contributed by atoms with Crippen LogP contribution in [0.3, 0.4) is 0 Å². The summed E-state index contributed by atoms with van der Waals surface area (Å²) >= 11 is 0. The Morgan fingerprint density at radius 2 is 1.88 bits per heavy atom. The number of hydrogen-bond acceptors (Lipinski definition) is 2. The number of hydrogen-bond donors (Lipinski definition) is 0. The SMILES string of the molecule is CC[C@H]1c2ccc(OC)cc2[C@@H]2CCCC[C@@H]2[C@@H]1C1C=CC(OC)=CC1. The van der Waals surface area contributed by atoms with Crippen LogP contribution in [0.5, 0.6) is 5.75 Å². The Hall–Kier alpha value is -1.70. The molecule has 0 heterocycles. The number of allylic oxidation sites excluding steroid dienone is 3. The fourth-order valence-electron chi connectivity index (χ4n) is 6.01. The van der Waals surface area contributed by atoms with E-state index in [1.165, 1.54) is 32.1 Å². The summed E-state index contributed by atoms with van der Waals surface area (Å²) in [6.45, 7) is 2.37. The van der Waals surface area contributed by atoms with Crippen molar-refractivity contribution >= 4 is 0 Å². The van der Waals surface area contributed by atoms with Crippen molar-refractivity contribution in [1.82, 2.24) is 0 Å². The molecule has 0 aliphatic heterocycles. The molecule has 0 radical (unpaired) electrons. The summed E-state index contributed by atoms with van der Waals surface area (Å²) in [5.74, 6) is 5.60. The highest BCUT2D eigenvalue weighted by Gasteiger charge is 2.45. The number of benzene rings is 1. The van der Waals surface area contributed by atoms with Gasteiger partial charge in [-0.2, -0.15) is 0 Å². The number of ether oxygens (including phenoxy) is 2. The zero-order valence-electron chi connectivity index (χ0n) is 16.4. The lowest BCUT2D eigenvalue weighted by molar-refractivity contribution is 0.124. The van der Waals surface area contributed by atoms with Gasteiger partial charge in [0, 0.05) is 0 Å². The van der Waals surface area contributed by atoms with Crippen LogP contribution in [0.4, 0.5) is 0 Å². The van der Waals surface area contributed by atoms with Gasteiger partial charge in [-0.15, -0.1) is 0 Å². The standard InChI is InChI=1S/C24H32O2/c1-4-19-21-14-13-18(26-3)15-23(21)20-7-5-6-8-22(20)24(19)16-9-11-17(25-2)12-10-16/h9,11-16,19-20,22,24H,4-8,10H2,1-3H3/t16?,19-,20+,22-,24+/m0/s1. The van der Waals surface area contributed by atoms with Crippen LogP contribution >= 0.6 is 0 Å². The van der Waals surface area contributed by atoms with Gasteiger partial charge in [0.25, 0.3) is 0 Å². The van der Waals surface area contributed by atoms with Crippen LogP contribution in [0.1, 0.15) is 68.4 Å². The summed E-state index contributed by atoms with van der Waals surface area (Å²) in [4.78, 5) is 0. The van der Waals surface area contributed by atoms with Gasteiger partial charge in [-0.1, -0.05) is 31.9 Å². The van der Waals surface area contributed by atoms with E-state index in [0.717, 1.165) is 29.8 Å². The first-order chi connectivity index (χ1) is 12.8. The lowest BCUT2D eigenvalue weighted by Crippen LogP contribution is -2.39. The first kappa shape index (κ1) is 17.7. The van der Waals surface area contributed by atoms with E-state index in [0.29, 0.717) is 17.8 Å². The summed E-state index contributed by atoms with van der Waals surface area (Å²) in [5.41, 5.74) is 3.18. The summed E-state index contributed by atoms with van der Waals surface area (Å²) < 4.78 is 11.0. The third-order valence-corrected chi connectivity index (χ3v) is 7.14. The van der Waals surface area contributed by atoms with Gasteiger partial charge in [-0.05, 0) is 90.7 Å². The van der Waals surface area contributed by atoms with Crippen LogP contribution in [0.2, 0.25) is 0 Å². The molecule has 4 rings (SSSR count). The molecule has 1 aromatic rings. The van der Waals surface area contributed by atoms with Gasteiger partial charge >= 0.3 is 0 Å². The summed E-state index contributed by atoms with van der Waals surface area (Å²) in [6, 6.07) is 6.88. The molecule has 3 aliphatic rings. The topological polar surface area (TPSA) is 18.5 Å². The first-order valence-corrected chi connectivity index (χ1v) is 10.4. The van der Waals surface area contributed by atoms with Crippen LogP contribution in [0.25, 0.3) is 0 Å². The van der Waals surface area contributed by atoms with Gasteiger partial charge in [0.15, 0.2) is 0 Å². The quantitative estimate of drug-likeness (QED) is 0.642. The van der Waals surface area contributed by atoms with Crippen molar-refractivity contribution in [2.24, 2.45) is 17.8 Å². The Kier molecular flexibility index (Phi) is 5.11. The minimum atomic E-state index is 0.639. The molecule has 5 atom stereocenters. The van der Waals surface area contributed by atoms with Crippen molar-refractivity contribution in [2.75, 3.05) is 14.2 Å². The highest BCUT2D eigenvalue weighted by molar-refractivity contribution is 5.43. The van der Waals surface area contributed by atoms with Crippen molar-refractivity contribution in [1.29, 1.82) is 0 Å². The van der Waals surface area contributed by atoms with E-state index in [-0.39, 0.29) is 0 Å². The molecule has 1 aromatic carbocycles. The molecular formula is C24H32O2. The number of fused-ring (bicyclic) bond motifs is 3. The monoisotopic (exact) mass is 352 g/mol. The molecule has 2 heteroatoms. The largest absolute Gasteiger partial charge is 0.497 e. The molecule has 1 fully saturated rings. The maximum Gasteiger partial charge on any atom is 0.119 e. The molecule has 0 aromatic heterocycles. The molecule has 3 aliphatic carbocycles. The predicted molar refractivity (Wildman–Crippen MR) is 107 cm³/mol. The Balaban J connectivity index is 1.74. The molecule has 1 saturated carbocycles. The minimum absolute atomic E-state index is 0.639. The van der Waals surface area contributed by atoms with E-state index in [1.54, 1.807) is 25.3 Å². The van der Waals surface area contributed by atoms with Crippen LogP contribution in [-0.2, 0) is 4.74 Å². The second-order valence-corrected chi connectivity index (χ2v) is 8.21. The van der Waals surface area contributed by atoms with Crippen molar-refractivity contribution in [3.05, 3.63) is 53.3 Å². The van der Waals surface area contributed by atoms with Gasteiger partial charge in [0.05, 0.1) is 14.2 Å². The van der Waals surface area contributed by atoms with Gasteiger partial charge in [-0.25, -0.2) is 0 Å². The average Bonchev–Trinajstić information content (AvgIpc) is 2.72. The molecule has 26 heavy (non-hydrogen) atoms. The normalized spacial score (nSPS) is 33.0. The van der Waals surface area contributed by atoms with Crippen molar-refractivity contribution in [3.63, 3.8) is 0 Å². The van der Waals surface area contributed by atoms with Crippen LogP contribution in [0, 0.1) is 17.8 Å². The van der Waals surface area contributed by atoms with Crippen LogP contribution in [0.15, 0.2) is 42.2 Å². The van der Waals surface area contributed by atoms with E-state index < -0.39 is 0 Å². The average molecular weight is 353 g/mol. The Morgan fingerprint density at radius 3 is 2.58 bits per heavy atom. The first-order valence-electron chi connectivity index (χ1n) is 10.4. The zero-order valence-corrected chi connectivity index (χ0v) is 16.4. The molecule has 0 spiro atoms. The van der Waals surface area contributed by atoms with Crippen molar-refractivity contribution in [2.45, 2.75) is 57.3 Å². The van der Waals surface area contributed by atoms with Gasteiger partial charge in [0.1, 0.15) is 11.5 Å². The summed E-state index contributed by atoms with van der Waals surface area (Å²) in [5, 5.41) is 0. The smallest absolute Gasteiger partial charge is 0.119 e. The fraction of sp³-hybridized carbons (Fsp3) is 0.583. The number of rotatable bonds is 4. The Labute approximate surface area is 158 Å². The second-order valence-electron chi connectivity index (χ2n) is 8.21. The van der Waals surface area contributed by atoms with Crippen molar-refractivity contribution < 1.29 is 9.47 Å². The lowest BCUT2D eigenvalue weighted by Gasteiger charge is -2.49. The second kappa shape index (κ2) is 7.50. The third-order valence-electron chi connectivity index (χ3n) is 7.14. The summed E-state index contributed by atoms with van der Waals surface area (Å²) in [6.07, 6.45) is 14.8. The minimum Gasteiger partial charge on any atom is -0.497 e. The van der Waals surface area contributed by atoms with Crippen LogP contribution < -0.4 is 4.74 Å². The highest BCUT2D eigenvalue weighted by Crippen LogP contribution is 2.57. The maximum absolute atomic E-state index is 5.56.